The van der Waals surface area contributed by atoms with Gasteiger partial charge in [0.05, 0.1) is 5.51 Å². The molecule has 0 saturated carbocycles. The number of piperidine rings is 1. The highest BCUT2D eigenvalue weighted by Gasteiger charge is 2.31. The topological polar surface area (TPSA) is 37.0 Å². The zero-order valence-electron chi connectivity index (χ0n) is 10.1. The van der Waals surface area contributed by atoms with Crippen LogP contribution in [0, 0.1) is 5.41 Å². The molecule has 1 unspecified atom stereocenters. The van der Waals surface area contributed by atoms with E-state index in [1.54, 1.807) is 11.3 Å². The maximum Gasteiger partial charge on any atom is 0.0794 e. The van der Waals surface area contributed by atoms with Gasteiger partial charge in [-0.2, -0.15) is 0 Å². The zero-order chi connectivity index (χ0) is 11.4. The highest BCUT2D eigenvalue weighted by Crippen LogP contribution is 2.29. The number of aromatic nitrogens is 1. The Morgan fingerprint density at radius 1 is 1.62 bits per heavy atom. The Labute approximate surface area is 102 Å². The second-order valence-corrected chi connectivity index (χ2v) is 6.17. The Bertz CT molecular complexity index is 308. The summed E-state index contributed by atoms with van der Waals surface area (Å²) in [4.78, 5) is 5.39. The molecule has 90 valence electrons. The molecule has 2 N–H and O–H groups in total. The second-order valence-electron chi connectivity index (χ2n) is 5.20. The van der Waals surface area contributed by atoms with Crippen LogP contribution in [0.2, 0.25) is 0 Å². The lowest BCUT2D eigenvalue weighted by Gasteiger charge is -2.39. The highest BCUT2D eigenvalue weighted by molar-refractivity contribution is 7.09. The molecule has 2 heterocycles. The molecule has 1 atom stereocenters. The molecule has 0 aliphatic carbocycles. The molecule has 0 spiro atoms. The molecular weight excluding hydrogens is 218 g/mol. The summed E-state index contributed by atoms with van der Waals surface area (Å²) in [5, 5.41) is 7.14. The number of hydrogen-bond acceptors (Lipinski definition) is 4. The molecule has 4 heteroatoms. The van der Waals surface area contributed by atoms with Crippen molar-refractivity contribution in [2.75, 3.05) is 13.1 Å². The van der Waals surface area contributed by atoms with Crippen molar-refractivity contribution in [2.24, 2.45) is 5.41 Å². The van der Waals surface area contributed by atoms with Gasteiger partial charge in [0, 0.05) is 30.2 Å². The van der Waals surface area contributed by atoms with Crippen molar-refractivity contribution in [1.29, 1.82) is 0 Å². The van der Waals surface area contributed by atoms with Crippen molar-refractivity contribution >= 4 is 11.3 Å². The number of rotatable bonds is 4. The number of nitrogens with zero attached hydrogens (tertiary/aromatic N) is 1. The summed E-state index contributed by atoms with van der Waals surface area (Å²) in [6.07, 6.45) is 4.57. The first-order valence-corrected chi connectivity index (χ1v) is 6.88. The third-order valence-corrected chi connectivity index (χ3v) is 4.24. The maximum absolute atomic E-state index is 4.08. The van der Waals surface area contributed by atoms with Gasteiger partial charge in [-0.05, 0) is 24.8 Å². The van der Waals surface area contributed by atoms with Gasteiger partial charge in [-0.3, -0.25) is 4.98 Å². The first-order valence-electron chi connectivity index (χ1n) is 6.00. The molecule has 1 aliphatic rings. The summed E-state index contributed by atoms with van der Waals surface area (Å²) in [5.74, 6) is 0. The monoisotopic (exact) mass is 239 g/mol. The number of thiazole rings is 1. The summed E-state index contributed by atoms with van der Waals surface area (Å²) in [6, 6.07) is 0.592. The summed E-state index contributed by atoms with van der Waals surface area (Å²) < 4.78 is 0. The molecule has 0 amide bonds. The van der Waals surface area contributed by atoms with Crippen LogP contribution in [0.5, 0.6) is 0 Å². The van der Waals surface area contributed by atoms with Crippen molar-refractivity contribution < 1.29 is 0 Å². The quantitative estimate of drug-likeness (QED) is 0.844. The predicted octanol–water partition coefficient (Wildman–Crippen LogP) is 2.01. The van der Waals surface area contributed by atoms with Gasteiger partial charge in [0.2, 0.25) is 0 Å². The lowest BCUT2D eigenvalue weighted by Crippen LogP contribution is -2.51. The van der Waals surface area contributed by atoms with Crippen LogP contribution in [0.15, 0.2) is 11.7 Å². The standard InChI is InChI=1S/C12H21N3S/c1-12(2)4-3-5-15-11(12)8-13-6-10-7-14-9-16-10/h7,9,11,13,15H,3-6,8H2,1-2H3. The van der Waals surface area contributed by atoms with Gasteiger partial charge in [0.15, 0.2) is 0 Å². The Balaban J connectivity index is 1.76. The van der Waals surface area contributed by atoms with Gasteiger partial charge in [-0.1, -0.05) is 13.8 Å². The average Bonchev–Trinajstić information content (AvgIpc) is 2.73. The zero-order valence-corrected chi connectivity index (χ0v) is 10.9. The molecule has 16 heavy (non-hydrogen) atoms. The van der Waals surface area contributed by atoms with Crippen molar-refractivity contribution in [3.05, 3.63) is 16.6 Å². The maximum atomic E-state index is 4.08. The molecular formula is C12H21N3S. The fourth-order valence-electron chi connectivity index (χ4n) is 2.29. The normalized spacial score (nSPS) is 24.5. The van der Waals surface area contributed by atoms with Crippen LogP contribution in [0.3, 0.4) is 0 Å². The summed E-state index contributed by atoms with van der Waals surface area (Å²) in [5.41, 5.74) is 2.30. The first-order chi connectivity index (χ1) is 7.68. The first kappa shape index (κ1) is 12.0. The Morgan fingerprint density at radius 3 is 3.19 bits per heavy atom. The van der Waals surface area contributed by atoms with Crippen LogP contribution in [0.4, 0.5) is 0 Å². The summed E-state index contributed by atoms with van der Waals surface area (Å²) >= 11 is 1.72. The minimum atomic E-state index is 0.416. The van der Waals surface area contributed by atoms with Gasteiger partial charge < -0.3 is 10.6 Å². The van der Waals surface area contributed by atoms with Crippen LogP contribution in [-0.4, -0.2) is 24.1 Å². The van der Waals surface area contributed by atoms with E-state index in [0.29, 0.717) is 11.5 Å². The van der Waals surface area contributed by atoms with Crippen molar-refractivity contribution in [3.63, 3.8) is 0 Å². The Hall–Kier alpha value is -0.450. The fraction of sp³-hybridized carbons (Fsp3) is 0.750. The van der Waals surface area contributed by atoms with Crippen LogP contribution in [0.1, 0.15) is 31.6 Å². The molecule has 1 aliphatic heterocycles. The largest absolute Gasteiger partial charge is 0.312 e. The van der Waals surface area contributed by atoms with Crippen molar-refractivity contribution in [2.45, 2.75) is 39.3 Å². The van der Waals surface area contributed by atoms with E-state index in [1.807, 2.05) is 11.7 Å². The van der Waals surface area contributed by atoms with Crippen molar-refractivity contribution in [3.8, 4) is 0 Å². The fourth-order valence-corrected chi connectivity index (χ4v) is 2.85. The molecule has 0 bridgehead atoms. The molecule has 1 aromatic heterocycles. The van der Waals surface area contributed by atoms with E-state index < -0.39 is 0 Å². The van der Waals surface area contributed by atoms with Crippen molar-refractivity contribution in [1.82, 2.24) is 15.6 Å². The molecule has 1 aromatic rings. The third kappa shape index (κ3) is 3.03. The van der Waals surface area contributed by atoms with Crippen LogP contribution in [-0.2, 0) is 6.54 Å². The van der Waals surface area contributed by atoms with E-state index in [9.17, 15) is 0 Å². The lowest BCUT2D eigenvalue weighted by molar-refractivity contribution is 0.176. The highest BCUT2D eigenvalue weighted by atomic mass is 32.1. The van der Waals surface area contributed by atoms with Crippen LogP contribution >= 0.6 is 11.3 Å². The molecule has 3 nitrogen and oxygen atoms in total. The van der Waals surface area contributed by atoms with Crippen LogP contribution in [0.25, 0.3) is 0 Å². The minimum Gasteiger partial charge on any atom is -0.312 e. The van der Waals surface area contributed by atoms with E-state index >= 15 is 0 Å². The SMILES string of the molecule is CC1(C)CCCNC1CNCc1cncs1. The average molecular weight is 239 g/mol. The van der Waals surface area contributed by atoms with Gasteiger partial charge in [0.25, 0.3) is 0 Å². The molecule has 0 aromatic carbocycles. The van der Waals surface area contributed by atoms with E-state index in [2.05, 4.69) is 29.5 Å². The van der Waals surface area contributed by atoms with E-state index in [0.717, 1.165) is 19.6 Å². The van der Waals surface area contributed by atoms with Gasteiger partial charge >= 0.3 is 0 Å². The van der Waals surface area contributed by atoms with Gasteiger partial charge in [0.1, 0.15) is 0 Å². The molecule has 1 saturated heterocycles. The van der Waals surface area contributed by atoms with E-state index in [4.69, 9.17) is 0 Å². The second kappa shape index (κ2) is 5.25. The minimum absolute atomic E-state index is 0.416. The molecule has 0 radical (unpaired) electrons. The van der Waals surface area contributed by atoms with E-state index in [-0.39, 0.29) is 0 Å². The van der Waals surface area contributed by atoms with Crippen LogP contribution < -0.4 is 10.6 Å². The number of nitrogens with one attached hydrogen (secondary N) is 2. The molecule has 1 fully saturated rings. The molecule has 2 rings (SSSR count). The van der Waals surface area contributed by atoms with Gasteiger partial charge in [-0.25, -0.2) is 0 Å². The smallest absolute Gasteiger partial charge is 0.0794 e. The third-order valence-electron chi connectivity index (χ3n) is 3.46. The van der Waals surface area contributed by atoms with Gasteiger partial charge in [-0.15, -0.1) is 11.3 Å². The lowest BCUT2D eigenvalue weighted by atomic mass is 9.77. The summed E-state index contributed by atoms with van der Waals surface area (Å²) in [6.45, 7) is 7.87. The predicted molar refractivity (Wildman–Crippen MR) is 68.6 cm³/mol. The Morgan fingerprint density at radius 2 is 2.50 bits per heavy atom. The number of hydrogen-bond donors (Lipinski definition) is 2. The summed E-state index contributed by atoms with van der Waals surface area (Å²) in [7, 11) is 0. The van der Waals surface area contributed by atoms with E-state index in [1.165, 1.54) is 17.7 Å². The Kier molecular flexibility index (Phi) is 3.95.